The minimum atomic E-state index is -5.00. The maximum absolute atomic E-state index is 13.9. The number of rotatable bonds is 8. The van der Waals surface area contributed by atoms with E-state index in [4.69, 9.17) is 13.9 Å². The third-order valence-corrected chi connectivity index (χ3v) is 5.87. The number of para-hydroxylation sites is 2. The quantitative estimate of drug-likeness (QED) is 0.261. The number of alkyl halides is 3. The summed E-state index contributed by atoms with van der Waals surface area (Å²) in [5, 5.41) is 2.63. The van der Waals surface area contributed by atoms with Crippen molar-refractivity contribution in [1.29, 1.82) is 0 Å². The lowest BCUT2D eigenvalue weighted by Gasteiger charge is -2.16. The van der Waals surface area contributed by atoms with Crippen molar-refractivity contribution in [2.24, 2.45) is 0 Å². The number of benzene rings is 3. The number of hydrogen-bond donors (Lipinski definition) is 1. The molecule has 1 aromatic heterocycles. The van der Waals surface area contributed by atoms with Crippen LogP contribution in [0.1, 0.15) is 43.6 Å². The first-order chi connectivity index (χ1) is 18.1. The van der Waals surface area contributed by atoms with Crippen LogP contribution in [0.4, 0.5) is 18.9 Å². The van der Waals surface area contributed by atoms with Crippen molar-refractivity contribution in [1.82, 2.24) is 0 Å². The van der Waals surface area contributed by atoms with Crippen LogP contribution in [0.3, 0.4) is 0 Å². The second-order valence-electron chi connectivity index (χ2n) is 8.89. The smallest absolute Gasteiger partial charge is 0.453 e. The fourth-order valence-electron chi connectivity index (χ4n) is 3.97. The number of halogens is 3. The molecular formula is C29H26F3NO5. The first-order valence-electron chi connectivity index (χ1n) is 12.0. The molecule has 0 unspecified atom stereocenters. The predicted octanol–water partition coefficient (Wildman–Crippen LogP) is 7.31. The largest absolute Gasteiger partial charge is 0.484 e. The Morgan fingerprint density at radius 1 is 1.03 bits per heavy atom. The van der Waals surface area contributed by atoms with Gasteiger partial charge in [-0.2, -0.15) is 13.2 Å². The van der Waals surface area contributed by atoms with Gasteiger partial charge in [-0.25, -0.2) is 0 Å². The Bertz CT molecular complexity index is 1530. The van der Waals surface area contributed by atoms with Gasteiger partial charge in [0.1, 0.15) is 17.1 Å². The number of anilines is 1. The zero-order valence-corrected chi connectivity index (χ0v) is 21.0. The van der Waals surface area contributed by atoms with Crippen LogP contribution in [0.25, 0.3) is 11.0 Å². The van der Waals surface area contributed by atoms with Gasteiger partial charge in [-0.05, 0) is 47.7 Å². The van der Waals surface area contributed by atoms with E-state index in [-0.39, 0.29) is 28.4 Å². The summed E-state index contributed by atoms with van der Waals surface area (Å²) in [6, 6.07) is 17.7. The Morgan fingerprint density at radius 3 is 2.45 bits per heavy atom. The van der Waals surface area contributed by atoms with Crippen LogP contribution in [0, 0.1) is 0 Å². The van der Waals surface area contributed by atoms with E-state index in [1.54, 1.807) is 30.3 Å². The summed E-state index contributed by atoms with van der Waals surface area (Å²) in [5.41, 5.74) is 0.916. The number of carbonyl (C=O) groups excluding carboxylic acids is 1. The van der Waals surface area contributed by atoms with Crippen LogP contribution >= 0.6 is 0 Å². The number of ether oxygens (including phenoxy) is 2. The van der Waals surface area contributed by atoms with Gasteiger partial charge in [0.2, 0.25) is 11.2 Å². The van der Waals surface area contributed by atoms with Crippen LogP contribution < -0.4 is 20.2 Å². The van der Waals surface area contributed by atoms with Crippen LogP contribution in [-0.4, -0.2) is 12.5 Å². The maximum Gasteiger partial charge on any atom is 0.453 e. The number of nitrogens with one attached hydrogen (secondary N) is 1. The Hall–Kier alpha value is -4.27. The van der Waals surface area contributed by atoms with Gasteiger partial charge in [-0.3, -0.25) is 9.59 Å². The van der Waals surface area contributed by atoms with Crippen molar-refractivity contribution >= 4 is 22.6 Å². The van der Waals surface area contributed by atoms with Gasteiger partial charge in [0, 0.05) is 11.8 Å². The number of amides is 1. The van der Waals surface area contributed by atoms with E-state index in [0.29, 0.717) is 11.3 Å². The molecule has 198 valence electrons. The molecule has 4 rings (SSSR count). The number of carbonyl (C=O) groups is 1. The summed E-state index contributed by atoms with van der Waals surface area (Å²) < 4.78 is 58.0. The van der Waals surface area contributed by atoms with Crippen molar-refractivity contribution < 1.29 is 31.9 Å². The Morgan fingerprint density at radius 2 is 1.74 bits per heavy atom. The van der Waals surface area contributed by atoms with E-state index in [2.05, 4.69) is 5.32 Å². The zero-order chi connectivity index (χ0) is 27.4. The molecule has 38 heavy (non-hydrogen) atoms. The standard InChI is InChI=1S/C29H26F3NO5/c1-4-18-9-5-7-11-22(18)33-25(34)16-36-19-13-14-21-24(15-19)38-28(29(30,31)32)27(26(21)35)37-23-12-8-6-10-20(23)17(2)3/h5-15,17H,4,16H2,1-3H3,(H,33,34). The number of hydrogen-bond acceptors (Lipinski definition) is 5. The van der Waals surface area contributed by atoms with Gasteiger partial charge in [-0.15, -0.1) is 0 Å². The van der Waals surface area contributed by atoms with Gasteiger partial charge in [0.05, 0.1) is 5.39 Å². The summed E-state index contributed by atoms with van der Waals surface area (Å²) >= 11 is 0. The minimum absolute atomic E-state index is 0.0552. The van der Waals surface area contributed by atoms with Crippen molar-refractivity contribution in [3.05, 3.63) is 93.8 Å². The van der Waals surface area contributed by atoms with Crippen molar-refractivity contribution in [3.8, 4) is 17.2 Å². The van der Waals surface area contributed by atoms with Crippen LogP contribution in [0.5, 0.6) is 17.2 Å². The first kappa shape index (κ1) is 26.8. The van der Waals surface area contributed by atoms with Gasteiger partial charge in [0.25, 0.3) is 11.7 Å². The fraction of sp³-hybridized carbons (Fsp3) is 0.241. The SMILES string of the molecule is CCc1ccccc1NC(=O)COc1ccc2c(=O)c(Oc3ccccc3C(C)C)c(C(F)(F)F)oc2c1. The Labute approximate surface area is 217 Å². The lowest BCUT2D eigenvalue weighted by Crippen LogP contribution is -2.21. The van der Waals surface area contributed by atoms with Crippen LogP contribution in [-0.2, 0) is 17.4 Å². The van der Waals surface area contributed by atoms with Gasteiger partial charge >= 0.3 is 6.18 Å². The molecule has 0 bridgehead atoms. The lowest BCUT2D eigenvalue weighted by atomic mass is 10.0. The highest BCUT2D eigenvalue weighted by Crippen LogP contribution is 2.40. The van der Waals surface area contributed by atoms with Crippen molar-refractivity contribution in [2.75, 3.05) is 11.9 Å². The van der Waals surface area contributed by atoms with Crippen molar-refractivity contribution in [2.45, 2.75) is 39.3 Å². The average molecular weight is 526 g/mol. The highest BCUT2D eigenvalue weighted by atomic mass is 19.4. The molecule has 9 heteroatoms. The van der Waals surface area contributed by atoms with E-state index in [0.717, 1.165) is 18.1 Å². The lowest BCUT2D eigenvalue weighted by molar-refractivity contribution is -0.154. The van der Waals surface area contributed by atoms with E-state index in [1.165, 1.54) is 18.2 Å². The summed E-state index contributed by atoms with van der Waals surface area (Å²) in [4.78, 5) is 25.5. The monoisotopic (exact) mass is 525 g/mol. The van der Waals surface area contributed by atoms with E-state index >= 15 is 0 Å². The summed E-state index contributed by atoms with van der Waals surface area (Å²) in [5.74, 6) is -2.81. The minimum Gasteiger partial charge on any atom is -0.484 e. The molecule has 4 aromatic rings. The first-order valence-corrected chi connectivity index (χ1v) is 12.0. The van der Waals surface area contributed by atoms with Gasteiger partial charge in [0.15, 0.2) is 6.61 Å². The summed E-state index contributed by atoms with van der Waals surface area (Å²) in [6.45, 7) is 5.28. The molecule has 6 nitrogen and oxygen atoms in total. The molecule has 1 N–H and O–H groups in total. The third kappa shape index (κ3) is 5.82. The molecule has 0 saturated heterocycles. The van der Waals surface area contributed by atoms with E-state index in [1.807, 2.05) is 32.9 Å². The highest BCUT2D eigenvalue weighted by Gasteiger charge is 2.40. The molecule has 0 aliphatic rings. The second kappa shape index (κ2) is 11.0. The van der Waals surface area contributed by atoms with Gasteiger partial charge in [-0.1, -0.05) is 57.2 Å². The molecule has 0 aliphatic heterocycles. The molecule has 0 saturated carbocycles. The molecule has 0 fully saturated rings. The molecule has 0 spiro atoms. The van der Waals surface area contributed by atoms with E-state index in [9.17, 15) is 22.8 Å². The molecule has 0 atom stereocenters. The normalized spacial score (nSPS) is 11.6. The highest BCUT2D eigenvalue weighted by molar-refractivity contribution is 5.92. The van der Waals surface area contributed by atoms with Gasteiger partial charge < -0.3 is 19.2 Å². The molecule has 0 radical (unpaired) electrons. The topological polar surface area (TPSA) is 77.8 Å². The number of fused-ring (bicyclic) bond motifs is 1. The van der Waals surface area contributed by atoms with Crippen LogP contribution in [0.15, 0.2) is 75.9 Å². The molecular weight excluding hydrogens is 499 g/mol. The Kier molecular flexibility index (Phi) is 7.75. The zero-order valence-electron chi connectivity index (χ0n) is 21.0. The van der Waals surface area contributed by atoms with E-state index < -0.39 is 35.6 Å². The maximum atomic E-state index is 13.9. The van der Waals surface area contributed by atoms with Crippen molar-refractivity contribution in [3.63, 3.8) is 0 Å². The summed E-state index contributed by atoms with van der Waals surface area (Å²) in [6.07, 6.45) is -4.28. The molecule has 0 aliphatic carbocycles. The second-order valence-corrected chi connectivity index (χ2v) is 8.89. The van der Waals surface area contributed by atoms with Crippen LogP contribution in [0.2, 0.25) is 0 Å². The predicted molar refractivity (Wildman–Crippen MR) is 138 cm³/mol. The third-order valence-electron chi connectivity index (χ3n) is 5.87. The number of aryl methyl sites for hydroxylation is 1. The molecule has 3 aromatic carbocycles. The summed E-state index contributed by atoms with van der Waals surface area (Å²) in [7, 11) is 0. The Balaban J connectivity index is 1.63. The molecule has 1 amide bonds. The molecule has 1 heterocycles. The average Bonchev–Trinajstić information content (AvgIpc) is 2.88. The fourth-order valence-corrected chi connectivity index (χ4v) is 3.97.